The zero-order valence-electron chi connectivity index (χ0n) is 8.75. The number of pyridine rings is 1. The van der Waals surface area contributed by atoms with Crippen molar-refractivity contribution in [2.24, 2.45) is 0 Å². The Morgan fingerprint density at radius 1 is 1.65 bits per heavy atom. The normalized spacial score (nSPS) is 12.2. The van der Waals surface area contributed by atoms with Crippen LogP contribution in [0.15, 0.2) is 18.3 Å². The van der Waals surface area contributed by atoms with E-state index in [0.717, 1.165) is 5.39 Å². The molecule has 0 bridgehead atoms. The van der Waals surface area contributed by atoms with Gasteiger partial charge in [-0.3, -0.25) is 9.89 Å². The van der Waals surface area contributed by atoms with Gasteiger partial charge in [0.15, 0.2) is 5.65 Å². The van der Waals surface area contributed by atoms with E-state index in [9.17, 15) is 9.59 Å². The predicted molar refractivity (Wildman–Crippen MR) is 58.2 cm³/mol. The molecule has 2 rings (SSSR count). The summed E-state index contributed by atoms with van der Waals surface area (Å²) in [5.41, 5.74) is 1.16. The van der Waals surface area contributed by atoms with E-state index in [2.05, 4.69) is 20.5 Å². The summed E-state index contributed by atoms with van der Waals surface area (Å²) >= 11 is 0. The number of amides is 1. The number of aromatic nitrogens is 3. The van der Waals surface area contributed by atoms with Crippen molar-refractivity contribution in [3.8, 4) is 0 Å². The van der Waals surface area contributed by atoms with Gasteiger partial charge in [0, 0.05) is 23.7 Å². The Labute approximate surface area is 95.9 Å². The average molecular weight is 234 g/mol. The molecule has 0 saturated heterocycles. The van der Waals surface area contributed by atoms with Crippen LogP contribution in [0, 0.1) is 0 Å². The lowest BCUT2D eigenvalue weighted by Crippen LogP contribution is -2.37. The number of hydrogen-bond donors (Lipinski definition) is 3. The standard InChI is InChI=1S/C10H10N4O3/c15-5-12-8(10(16)17)4-7-6-2-1-3-11-9(6)14-13-7/h1-3,5,8H,4H2,(H,12,15)(H,16,17)(H,11,13,14)/t8-/m0/s1. The fourth-order valence-corrected chi connectivity index (χ4v) is 1.56. The lowest BCUT2D eigenvalue weighted by Gasteiger charge is -2.09. The average Bonchev–Trinajstić information content (AvgIpc) is 2.72. The quantitative estimate of drug-likeness (QED) is 0.615. The number of rotatable bonds is 5. The zero-order chi connectivity index (χ0) is 12.3. The van der Waals surface area contributed by atoms with Crippen molar-refractivity contribution in [2.45, 2.75) is 12.5 Å². The Morgan fingerprint density at radius 3 is 3.18 bits per heavy atom. The number of hydrogen-bond acceptors (Lipinski definition) is 4. The molecule has 0 aliphatic rings. The van der Waals surface area contributed by atoms with Gasteiger partial charge in [-0.2, -0.15) is 5.10 Å². The number of carboxylic acids is 1. The first kappa shape index (κ1) is 11.1. The number of aliphatic carboxylic acids is 1. The molecule has 1 amide bonds. The number of H-pyrrole nitrogens is 1. The van der Waals surface area contributed by atoms with E-state index in [0.29, 0.717) is 17.8 Å². The van der Waals surface area contributed by atoms with Crippen molar-refractivity contribution in [3.63, 3.8) is 0 Å². The fraction of sp³-hybridized carbons (Fsp3) is 0.200. The molecule has 0 fully saturated rings. The Kier molecular flexibility index (Phi) is 2.99. The molecule has 0 radical (unpaired) electrons. The zero-order valence-corrected chi connectivity index (χ0v) is 8.75. The highest BCUT2D eigenvalue weighted by Gasteiger charge is 2.19. The molecule has 7 nitrogen and oxygen atoms in total. The molecule has 1 atom stereocenters. The molecular formula is C10H10N4O3. The Balaban J connectivity index is 2.28. The van der Waals surface area contributed by atoms with Crippen molar-refractivity contribution in [3.05, 3.63) is 24.0 Å². The predicted octanol–water partition coefficient (Wildman–Crippen LogP) is -0.300. The van der Waals surface area contributed by atoms with E-state index in [1.54, 1.807) is 18.3 Å². The Hall–Kier alpha value is -2.44. The van der Waals surface area contributed by atoms with Crippen LogP contribution in [0.25, 0.3) is 11.0 Å². The van der Waals surface area contributed by atoms with Crippen LogP contribution < -0.4 is 5.32 Å². The second-order valence-corrected chi connectivity index (χ2v) is 3.46. The largest absolute Gasteiger partial charge is 0.480 e. The van der Waals surface area contributed by atoms with Crippen molar-refractivity contribution < 1.29 is 14.7 Å². The summed E-state index contributed by atoms with van der Waals surface area (Å²) in [5.74, 6) is -1.09. The fourth-order valence-electron chi connectivity index (χ4n) is 1.56. The van der Waals surface area contributed by atoms with Crippen molar-refractivity contribution in [1.82, 2.24) is 20.5 Å². The molecule has 2 heterocycles. The molecule has 2 aromatic heterocycles. The van der Waals surface area contributed by atoms with Gasteiger partial charge in [0.1, 0.15) is 6.04 Å². The first-order chi connectivity index (χ1) is 8.22. The van der Waals surface area contributed by atoms with Crippen molar-refractivity contribution in [1.29, 1.82) is 0 Å². The molecule has 7 heteroatoms. The Bertz CT molecular complexity index is 551. The van der Waals surface area contributed by atoms with Gasteiger partial charge >= 0.3 is 5.97 Å². The second kappa shape index (κ2) is 4.60. The highest BCUT2D eigenvalue weighted by Crippen LogP contribution is 2.14. The monoisotopic (exact) mass is 234 g/mol. The van der Waals surface area contributed by atoms with E-state index < -0.39 is 12.0 Å². The molecular weight excluding hydrogens is 224 g/mol. The summed E-state index contributed by atoms with van der Waals surface area (Å²) in [6, 6.07) is 2.56. The topological polar surface area (TPSA) is 108 Å². The van der Waals surface area contributed by atoms with E-state index in [1.807, 2.05) is 0 Å². The number of nitrogens with one attached hydrogen (secondary N) is 2. The number of carboxylic acid groups (broad SMARTS) is 1. The molecule has 0 aromatic carbocycles. The van der Waals surface area contributed by atoms with Gasteiger partial charge in [-0.25, -0.2) is 9.78 Å². The molecule has 88 valence electrons. The summed E-state index contributed by atoms with van der Waals surface area (Å²) in [4.78, 5) is 25.2. The maximum absolute atomic E-state index is 10.9. The number of fused-ring (bicyclic) bond motifs is 1. The lowest BCUT2D eigenvalue weighted by atomic mass is 10.1. The van der Waals surface area contributed by atoms with Crippen LogP contribution in [-0.2, 0) is 16.0 Å². The number of carbonyl (C=O) groups is 2. The van der Waals surface area contributed by atoms with E-state index in [4.69, 9.17) is 5.11 Å². The van der Waals surface area contributed by atoms with Gasteiger partial charge in [-0.1, -0.05) is 0 Å². The summed E-state index contributed by atoms with van der Waals surface area (Å²) in [7, 11) is 0. The minimum Gasteiger partial charge on any atom is -0.480 e. The van der Waals surface area contributed by atoms with E-state index in [-0.39, 0.29) is 6.42 Å². The van der Waals surface area contributed by atoms with Crippen LogP contribution in [0.4, 0.5) is 0 Å². The van der Waals surface area contributed by atoms with Crippen LogP contribution in [0.2, 0.25) is 0 Å². The van der Waals surface area contributed by atoms with Gasteiger partial charge in [0.25, 0.3) is 0 Å². The van der Waals surface area contributed by atoms with E-state index in [1.165, 1.54) is 0 Å². The van der Waals surface area contributed by atoms with Gasteiger partial charge in [-0.05, 0) is 12.1 Å². The molecule has 0 unspecified atom stereocenters. The van der Waals surface area contributed by atoms with Crippen LogP contribution >= 0.6 is 0 Å². The molecule has 0 aliphatic carbocycles. The molecule has 0 aliphatic heterocycles. The minimum absolute atomic E-state index is 0.135. The minimum atomic E-state index is -1.09. The third-order valence-corrected chi connectivity index (χ3v) is 2.38. The van der Waals surface area contributed by atoms with Gasteiger partial charge in [0.2, 0.25) is 6.41 Å². The smallest absolute Gasteiger partial charge is 0.326 e. The third-order valence-electron chi connectivity index (χ3n) is 2.38. The molecule has 3 N–H and O–H groups in total. The summed E-state index contributed by atoms with van der Waals surface area (Å²) < 4.78 is 0. The summed E-state index contributed by atoms with van der Waals surface area (Å²) in [5, 5.41) is 18.6. The maximum Gasteiger partial charge on any atom is 0.326 e. The van der Waals surface area contributed by atoms with E-state index >= 15 is 0 Å². The summed E-state index contributed by atoms with van der Waals surface area (Å²) in [6.07, 6.45) is 2.11. The maximum atomic E-state index is 10.9. The lowest BCUT2D eigenvalue weighted by molar-refractivity contribution is -0.140. The van der Waals surface area contributed by atoms with Crippen LogP contribution in [0.5, 0.6) is 0 Å². The number of aromatic amines is 1. The van der Waals surface area contributed by atoms with Crippen molar-refractivity contribution >= 4 is 23.4 Å². The first-order valence-corrected chi connectivity index (χ1v) is 4.93. The van der Waals surface area contributed by atoms with Crippen LogP contribution in [0.1, 0.15) is 5.69 Å². The van der Waals surface area contributed by atoms with Crippen molar-refractivity contribution in [2.75, 3.05) is 0 Å². The molecule has 2 aromatic rings. The SMILES string of the molecule is O=CN[C@@H](Cc1[nH]nc2ncccc12)C(=O)O. The summed E-state index contributed by atoms with van der Waals surface area (Å²) in [6.45, 7) is 0. The molecule has 17 heavy (non-hydrogen) atoms. The first-order valence-electron chi connectivity index (χ1n) is 4.93. The second-order valence-electron chi connectivity index (χ2n) is 3.46. The number of nitrogens with zero attached hydrogens (tertiary/aromatic N) is 2. The highest BCUT2D eigenvalue weighted by atomic mass is 16.4. The van der Waals surface area contributed by atoms with Gasteiger partial charge in [0.05, 0.1) is 0 Å². The van der Waals surface area contributed by atoms with Gasteiger partial charge < -0.3 is 10.4 Å². The van der Waals surface area contributed by atoms with Gasteiger partial charge in [-0.15, -0.1) is 0 Å². The third kappa shape index (κ3) is 2.22. The molecule has 0 saturated carbocycles. The number of carbonyl (C=O) groups excluding carboxylic acids is 1. The Morgan fingerprint density at radius 2 is 2.47 bits per heavy atom. The van der Waals surface area contributed by atoms with Crippen LogP contribution in [0.3, 0.4) is 0 Å². The highest BCUT2D eigenvalue weighted by molar-refractivity contribution is 5.80. The van der Waals surface area contributed by atoms with Crippen LogP contribution in [-0.4, -0.2) is 38.7 Å². The molecule has 0 spiro atoms.